The first-order chi connectivity index (χ1) is 8.68. The predicted octanol–water partition coefficient (Wildman–Crippen LogP) is 1.70. The largest absolute Gasteiger partial charge is 0.377 e. The zero-order valence-electron chi connectivity index (χ0n) is 11.8. The van der Waals surface area contributed by atoms with Crippen LogP contribution in [0.4, 0.5) is 0 Å². The van der Waals surface area contributed by atoms with Crippen molar-refractivity contribution in [3.63, 3.8) is 0 Å². The van der Waals surface area contributed by atoms with E-state index >= 15 is 0 Å². The van der Waals surface area contributed by atoms with E-state index < -0.39 is 0 Å². The van der Waals surface area contributed by atoms with Gasteiger partial charge in [-0.25, -0.2) is 0 Å². The Balaban J connectivity index is 1.89. The molecule has 1 fully saturated rings. The molecule has 0 spiro atoms. The highest BCUT2D eigenvalue weighted by atomic mass is 16.5. The number of hydrogen-bond donors (Lipinski definition) is 2. The van der Waals surface area contributed by atoms with Crippen LogP contribution < -0.4 is 10.6 Å². The van der Waals surface area contributed by atoms with Crippen LogP contribution in [0.2, 0.25) is 0 Å². The van der Waals surface area contributed by atoms with Crippen molar-refractivity contribution in [3.8, 4) is 0 Å². The Morgan fingerprint density at radius 1 is 1.28 bits per heavy atom. The maximum Gasteiger partial charge on any atom is 0.233 e. The number of ether oxygens (including phenoxy) is 1. The molecule has 4 nitrogen and oxygen atoms in total. The lowest BCUT2D eigenvalue weighted by atomic mass is 9.98. The lowest BCUT2D eigenvalue weighted by molar-refractivity contribution is -0.120. The third kappa shape index (κ3) is 7.67. The van der Waals surface area contributed by atoms with Crippen LogP contribution in [0.3, 0.4) is 0 Å². The third-order valence-corrected chi connectivity index (χ3v) is 3.18. The van der Waals surface area contributed by atoms with Gasteiger partial charge in [0.1, 0.15) is 0 Å². The number of carbonyl (C=O) groups is 1. The first-order valence-corrected chi connectivity index (χ1v) is 7.27. The van der Waals surface area contributed by atoms with Crippen molar-refractivity contribution < 1.29 is 9.53 Å². The second-order valence-electron chi connectivity index (χ2n) is 5.51. The zero-order chi connectivity index (χ0) is 13.2. The van der Waals surface area contributed by atoms with Gasteiger partial charge in [-0.05, 0) is 18.8 Å². The number of hydrogen-bond acceptors (Lipinski definition) is 3. The summed E-state index contributed by atoms with van der Waals surface area (Å²) in [5.41, 5.74) is 0. The second kappa shape index (κ2) is 9.34. The summed E-state index contributed by atoms with van der Waals surface area (Å²) in [6.45, 7) is 6.78. The van der Waals surface area contributed by atoms with Crippen LogP contribution in [-0.4, -0.2) is 38.3 Å². The smallest absolute Gasteiger partial charge is 0.233 e. The van der Waals surface area contributed by atoms with E-state index in [1.165, 1.54) is 32.1 Å². The molecule has 0 radical (unpaired) electrons. The van der Waals surface area contributed by atoms with Crippen molar-refractivity contribution in [2.75, 3.05) is 26.2 Å². The van der Waals surface area contributed by atoms with Gasteiger partial charge >= 0.3 is 0 Å². The minimum absolute atomic E-state index is 0.0707. The average Bonchev–Trinajstić information content (AvgIpc) is 2.37. The first-order valence-electron chi connectivity index (χ1n) is 7.27. The van der Waals surface area contributed by atoms with E-state index in [-0.39, 0.29) is 5.91 Å². The van der Waals surface area contributed by atoms with E-state index in [1.807, 2.05) is 0 Å². The maximum absolute atomic E-state index is 11.4. The quantitative estimate of drug-likeness (QED) is 0.650. The molecule has 18 heavy (non-hydrogen) atoms. The third-order valence-electron chi connectivity index (χ3n) is 3.18. The van der Waals surface area contributed by atoms with Crippen LogP contribution in [-0.2, 0) is 9.53 Å². The normalized spacial score (nSPS) is 17.1. The topological polar surface area (TPSA) is 50.4 Å². The second-order valence-corrected chi connectivity index (χ2v) is 5.51. The summed E-state index contributed by atoms with van der Waals surface area (Å²) in [5, 5.41) is 5.99. The van der Waals surface area contributed by atoms with Gasteiger partial charge in [0.25, 0.3) is 0 Å². The molecule has 0 aromatic carbocycles. The van der Waals surface area contributed by atoms with E-state index in [0.29, 0.717) is 25.2 Å². The molecule has 0 aromatic heterocycles. The molecule has 1 saturated carbocycles. The Labute approximate surface area is 111 Å². The van der Waals surface area contributed by atoms with E-state index in [9.17, 15) is 4.79 Å². The predicted molar refractivity (Wildman–Crippen MR) is 73.5 cm³/mol. The molecule has 1 aliphatic rings. The fourth-order valence-corrected chi connectivity index (χ4v) is 2.11. The number of rotatable bonds is 8. The van der Waals surface area contributed by atoms with Gasteiger partial charge in [0, 0.05) is 13.1 Å². The van der Waals surface area contributed by atoms with Crippen molar-refractivity contribution in [1.29, 1.82) is 0 Å². The monoisotopic (exact) mass is 256 g/mol. The lowest BCUT2D eigenvalue weighted by Crippen LogP contribution is -2.37. The molecule has 1 rings (SSSR count). The van der Waals surface area contributed by atoms with Crippen LogP contribution in [0.1, 0.15) is 46.0 Å². The van der Waals surface area contributed by atoms with Gasteiger partial charge in [0.15, 0.2) is 0 Å². The average molecular weight is 256 g/mol. The van der Waals surface area contributed by atoms with Crippen molar-refractivity contribution >= 4 is 5.91 Å². The van der Waals surface area contributed by atoms with E-state index in [2.05, 4.69) is 24.5 Å². The van der Waals surface area contributed by atoms with Crippen LogP contribution in [0.5, 0.6) is 0 Å². The Hall–Kier alpha value is -0.610. The summed E-state index contributed by atoms with van der Waals surface area (Å²) in [7, 11) is 0. The van der Waals surface area contributed by atoms with Crippen molar-refractivity contribution in [2.24, 2.45) is 5.92 Å². The Morgan fingerprint density at radius 3 is 2.67 bits per heavy atom. The van der Waals surface area contributed by atoms with Gasteiger partial charge in [-0.3, -0.25) is 4.79 Å². The van der Waals surface area contributed by atoms with Gasteiger partial charge in [-0.1, -0.05) is 33.1 Å². The molecule has 0 atom stereocenters. The van der Waals surface area contributed by atoms with Crippen LogP contribution >= 0.6 is 0 Å². The van der Waals surface area contributed by atoms with Crippen molar-refractivity contribution in [2.45, 2.75) is 52.1 Å². The highest BCUT2D eigenvalue weighted by Crippen LogP contribution is 2.19. The fourth-order valence-electron chi connectivity index (χ4n) is 2.11. The molecule has 106 valence electrons. The molecule has 2 N–H and O–H groups in total. The highest BCUT2D eigenvalue weighted by Gasteiger charge is 2.12. The lowest BCUT2D eigenvalue weighted by Gasteiger charge is -2.22. The molecule has 0 bridgehead atoms. The number of amides is 1. The van der Waals surface area contributed by atoms with Crippen LogP contribution in [0.25, 0.3) is 0 Å². The minimum atomic E-state index is 0.0707. The molecule has 0 unspecified atom stereocenters. The standard InChI is InChI=1S/C14H28N2O2/c1-12(2)10-16-14(17)11-15-8-9-18-13-6-4-3-5-7-13/h12-13,15H,3-11H2,1-2H3,(H,16,17). The molecule has 4 heteroatoms. The zero-order valence-corrected chi connectivity index (χ0v) is 11.8. The molecular formula is C14H28N2O2. The molecular weight excluding hydrogens is 228 g/mol. The SMILES string of the molecule is CC(C)CNC(=O)CNCCOC1CCCCC1. The molecule has 0 saturated heterocycles. The molecule has 1 amide bonds. The first kappa shape index (κ1) is 15.4. The van der Waals surface area contributed by atoms with E-state index in [0.717, 1.165) is 13.1 Å². The summed E-state index contributed by atoms with van der Waals surface area (Å²) in [6, 6.07) is 0. The summed E-state index contributed by atoms with van der Waals surface area (Å²) < 4.78 is 5.77. The van der Waals surface area contributed by atoms with Crippen LogP contribution in [0, 0.1) is 5.92 Å². The molecule has 0 aromatic rings. The van der Waals surface area contributed by atoms with E-state index in [4.69, 9.17) is 4.74 Å². The van der Waals surface area contributed by atoms with Gasteiger partial charge in [-0.15, -0.1) is 0 Å². The summed E-state index contributed by atoms with van der Waals surface area (Å²) in [5.74, 6) is 0.574. The summed E-state index contributed by atoms with van der Waals surface area (Å²) in [6.07, 6.45) is 6.82. The Bertz CT molecular complexity index is 226. The van der Waals surface area contributed by atoms with Gasteiger partial charge < -0.3 is 15.4 Å². The van der Waals surface area contributed by atoms with Gasteiger partial charge in [0.2, 0.25) is 5.91 Å². The highest BCUT2D eigenvalue weighted by molar-refractivity contribution is 5.77. The molecule has 0 aliphatic heterocycles. The molecule has 0 heterocycles. The van der Waals surface area contributed by atoms with Gasteiger partial charge in [-0.2, -0.15) is 0 Å². The Morgan fingerprint density at radius 2 is 2.00 bits per heavy atom. The number of carbonyl (C=O) groups excluding carboxylic acids is 1. The summed E-state index contributed by atoms with van der Waals surface area (Å²) in [4.78, 5) is 11.4. The Kier molecular flexibility index (Phi) is 8.01. The maximum atomic E-state index is 11.4. The van der Waals surface area contributed by atoms with Gasteiger partial charge in [0.05, 0.1) is 19.3 Å². The van der Waals surface area contributed by atoms with Crippen LogP contribution in [0.15, 0.2) is 0 Å². The number of nitrogens with one attached hydrogen (secondary N) is 2. The fraction of sp³-hybridized carbons (Fsp3) is 0.929. The van der Waals surface area contributed by atoms with Crippen molar-refractivity contribution in [1.82, 2.24) is 10.6 Å². The molecule has 1 aliphatic carbocycles. The van der Waals surface area contributed by atoms with Crippen molar-refractivity contribution in [3.05, 3.63) is 0 Å². The van der Waals surface area contributed by atoms with E-state index in [1.54, 1.807) is 0 Å². The summed E-state index contributed by atoms with van der Waals surface area (Å²) >= 11 is 0. The minimum Gasteiger partial charge on any atom is -0.377 e.